The van der Waals surface area contributed by atoms with Crippen LogP contribution in [0, 0.1) is 0 Å². The number of alkyl halides is 3. The van der Waals surface area contributed by atoms with Gasteiger partial charge in [0.15, 0.2) is 9.84 Å². The number of fused-ring (bicyclic) bond motifs is 1. The first-order valence-electron chi connectivity index (χ1n) is 6.73. The van der Waals surface area contributed by atoms with Gasteiger partial charge in [-0.05, 0) is 30.3 Å². The molecule has 0 atom stereocenters. The molecule has 0 fully saturated rings. The van der Waals surface area contributed by atoms with Crippen molar-refractivity contribution < 1.29 is 21.6 Å². The quantitative estimate of drug-likeness (QED) is 0.779. The third-order valence-electron chi connectivity index (χ3n) is 3.47. The van der Waals surface area contributed by atoms with Crippen LogP contribution in [0.1, 0.15) is 11.3 Å². The fraction of sp³-hybridized carbons (Fsp3) is 0.125. The Morgan fingerprint density at radius 3 is 2.30 bits per heavy atom. The highest BCUT2D eigenvalue weighted by Gasteiger charge is 2.33. The summed E-state index contributed by atoms with van der Waals surface area (Å²) in [7, 11) is -3.62. The number of aromatic nitrogens is 1. The zero-order valence-electron chi connectivity index (χ0n) is 11.8. The summed E-state index contributed by atoms with van der Waals surface area (Å²) in [4.78, 5) is 2.89. The SMILES string of the molecule is O=S(=O)(Cc1cc2c(C(F)(F)F)cccc2[nH]1)c1ccccc1. The van der Waals surface area contributed by atoms with E-state index in [4.69, 9.17) is 0 Å². The van der Waals surface area contributed by atoms with Crippen molar-refractivity contribution in [2.45, 2.75) is 16.8 Å². The lowest BCUT2D eigenvalue weighted by molar-refractivity contribution is -0.136. The van der Waals surface area contributed by atoms with Crippen molar-refractivity contribution in [1.29, 1.82) is 0 Å². The monoisotopic (exact) mass is 339 g/mol. The molecule has 3 nitrogen and oxygen atoms in total. The molecule has 0 saturated heterocycles. The first-order valence-corrected chi connectivity index (χ1v) is 8.38. The van der Waals surface area contributed by atoms with Crippen molar-refractivity contribution >= 4 is 20.7 Å². The molecule has 0 spiro atoms. The third-order valence-corrected chi connectivity index (χ3v) is 5.15. The first-order chi connectivity index (χ1) is 10.8. The fourth-order valence-corrected chi connectivity index (χ4v) is 3.76. The molecule has 2 aromatic carbocycles. The summed E-state index contributed by atoms with van der Waals surface area (Å²) < 4.78 is 63.6. The molecule has 0 amide bonds. The molecular formula is C16H12F3NO2S. The zero-order valence-corrected chi connectivity index (χ0v) is 12.6. The number of rotatable bonds is 3. The van der Waals surface area contributed by atoms with Gasteiger partial charge < -0.3 is 4.98 Å². The van der Waals surface area contributed by atoms with Crippen LogP contribution in [0.2, 0.25) is 0 Å². The van der Waals surface area contributed by atoms with Crippen LogP contribution in [0.25, 0.3) is 10.9 Å². The van der Waals surface area contributed by atoms with E-state index >= 15 is 0 Å². The first kappa shape index (κ1) is 15.6. The summed E-state index contributed by atoms with van der Waals surface area (Å²) in [6.07, 6.45) is -4.49. The van der Waals surface area contributed by atoms with Crippen LogP contribution < -0.4 is 0 Å². The van der Waals surface area contributed by atoms with Crippen LogP contribution >= 0.6 is 0 Å². The van der Waals surface area contributed by atoms with E-state index in [1.54, 1.807) is 18.2 Å². The second-order valence-corrected chi connectivity index (χ2v) is 7.12. The molecule has 1 heterocycles. The van der Waals surface area contributed by atoms with Crippen LogP contribution in [0.4, 0.5) is 13.2 Å². The Labute approximate surface area is 130 Å². The van der Waals surface area contributed by atoms with E-state index in [9.17, 15) is 21.6 Å². The average molecular weight is 339 g/mol. The van der Waals surface area contributed by atoms with Gasteiger partial charge >= 0.3 is 6.18 Å². The molecule has 7 heteroatoms. The molecule has 3 rings (SSSR count). The van der Waals surface area contributed by atoms with E-state index in [0.717, 1.165) is 6.07 Å². The van der Waals surface area contributed by atoms with Crippen LogP contribution in [0.5, 0.6) is 0 Å². The van der Waals surface area contributed by atoms with Crippen LogP contribution in [-0.4, -0.2) is 13.4 Å². The van der Waals surface area contributed by atoms with E-state index in [1.165, 1.54) is 30.3 Å². The lowest BCUT2D eigenvalue weighted by Crippen LogP contribution is -2.05. The number of hydrogen-bond donors (Lipinski definition) is 1. The molecular weight excluding hydrogens is 327 g/mol. The summed E-state index contributed by atoms with van der Waals surface area (Å²) in [6, 6.07) is 12.8. The van der Waals surface area contributed by atoms with E-state index < -0.39 is 21.6 Å². The summed E-state index contributed by atoms with van der Waals surface area (Å²) in [6.45, 7) is 0. The molecule has 1 aromatic heterocycles. The number of aromatic amines is 1. The number of H-pyrrole nitrogens is 1. The van der Waals surface area contributed by atoms with E-state index in [-0.39, 0.29) is 27.2 Å². The van der Waals surface area contributed by atoms with Gasteiger partial charge in [-0.25, -0.2) is 8.42 Å². The minimum atomic E-state index is -4.49. The third kappa shape index (κ3) is 3.10. The Morgan fingerprint density at radius 1 is 0.957 bits per heavy atom. The molecule has 0 aliphatic heterocycles. The Kier molecular flexibility index (Phi) is 3.68. The number of nitrogens with one attached hydrogen (secondary N) is 1. The number of hydrogen-bond acceptors (Lipinski definition) is 2. The van der Waals surface area contributed by atoms with Crippen LogP contribution in [0.3, 0.4) is 0 Å². The Hall–Kier alpha value is -2.28. The Balaban J connectivity index is 2.02. The Bertz CT molecular complexity index is 944. The van der Waals surface area contributed by atoms with Gasteiger partial charge in [-0.1, -0.05) is 24.3 Å². The van der Waals surface area contributed by atoms with Gasteiger partial charge in [0.05, 0.1) is 16.2 Å². The summed E-state index contributed by atoms with van der Waals surface area (Å²) >= 11 is 0. The number of benzene rings is 2. The standard InChI is InChI=1S/C16H12F3NO2S/c17-16(18,19)14-7-4-8-15-13(14)9-11(20-15)10-23(21,22)12-5-2-1-3-6-12/h1-9,20H,10H2. The molecule has 0 aliphatic carbocycles. The van der Waals surface area contributed by atoms with Gasteiger partial charge in [0.2, 0.25) is 0 Å². The topological polar surface area (TPSA) is 49.9 Å². The maximum Gasteiger partial charge on any atom is 0.417 e. The van der Waals surface area contributed by atoms with Crippen molar-refractivity contribution in [1.82, 2.24) is 4.98 Å². The van der Waals surface area contributed by atoms with Gasteiger partial charge in [-0.3, -0.25) is 0 Å². The summed E-state index contributed by atoms with van der Waals surface area (Å²) in [5.41, 5.74) is -0.298. The lowest BCUT2D eigenvalue weighted by Gasteiger charge is -2.06. The highest BCUT2D eigenvalue weighted by atomic mass is 32.2. The predicted molar refractivity (Wildman–Crippen MR) is 80.6 cm³/mol. The lowest BCUT2D eigenvalue weighted by atomic mass is 10.1. The van der Waals surface area contributed by atoms with E-state index in [0.29, 0.717) is 0 Å². The molecule has 0 unspecified atom stereocenters. The van der Waals surface area contributed by atoms with E-state index in [2.05, 4.69) is 4.98 Å². The zero-order chi connectivity index (χ0) is 16.7. The number of halogens is 3. The number of sulfone groups is 1. The highest BCUT2D eigenvalue weighted by molar-refractivity contribution is 7.90. The molecule has 120 valence electrons. The van der Waals surface area contributed by atoms with Crippen molar-refractivity contribution in [3.05, 3.63) is 65.9 Å². The van der Waals surface area contributed by atoms with Gasteiger partial charge in [0.1, 0.15) is 0 Å². The summed E-state index contributed by atoms with van der Waals surface area (Å²) in [5.74, 6) is -0.386. The smallest absolute Gasteiger partial charge is 0.358 e. The molecule has 0 radical (unpaired) electrons. The normalized spacial score (nSPS) is 12.7. The predicted octanol–water partition coefficient (Wildman–Crippen LogP) is 4.16. The minimum Gasteiger partial charge on any atom is -0.358 e. The molecule has 1 N–H and O–H groups in total. The maximum atomic E-state index is 13.0. The fourth-order valence-electron chi connectivity index (χ4n) is 2.45. The molecule has 3 aromatic rings. The molecule has 23 heavy (non-hydrogen) atoms. The van der Waals surface area contributed by atoms with Crippen LogP contribution in [0.15, 0.2) is 59.5 Å². The Morgan fingerprint density at radius 2 is 1.65 bits per heavy atom. The van der Waals surface area contributed by atoms with Crippen molar-refractivity contribution in [2.75, 3.05) is 0 Å². The second-order valence-electron chi connectivity index (χ2n) is 5.13. The van der Waals surface area contributed by atoms with Crippen molar-refractivity contribution in [3.8, 4) is 0 Å². The van der Waals surface area contributed by atoms with Gasteiger partial charge in [0, 0.05) is 16.6 Å². The van der Waals surface area contributed by atoms with Crippen LogP contribution in [-0.2, 0) is 21.8 Å². The van der Waals surface area contributed by atoms with Gasteiger partial charge in [-0.15, -0.1) is 0 Å². The minimum absolute atomic E-state index is 0.0294. The largest absolute Gasteiger partial charge is 0.417 e. The highest BCUT2D eigenvalue weighted by Crippen LogP contribution is 2.35. The van der Waals surface area contributed by atoms with Crippen molar-refractivity contribution in [2.24, 2.45) is 0 Å². The van der Waals surface area contributed by atoms with Gasteiger partial charge in [0.25, 0.3) is 0 Å². The average Bonchev–Trinajstić information content (AvgIpc) is 2.88. The molecule has 0 aliphatic rings. The second kappa shape index (κ2) is 5.42. The van der Waals surface area contributed by atoms with Crippen molar-refractivity contribution in [3.63, 3.8) is 0 Å². The van der Waals surface area contributed by atoms with E-state index in [1.807, 2.05) is 0 Å². The molecule has 0 bridgehead atoms. The summed E-state index contributed by atoms with van der Waals surface area (Å²) in [5, 5.41) is -0.0294. The maximum absolute atomic E-state index is 13.0. The molecule has 0 saturated carbocycles. The van der Waals surface area contributed by atoms with Gasteiger partial charge in [-0.2, -0.15) is 13.2 Å².